The van der Waals surface area contributed by atoms with Crippen LogP contribution in [0.5, 0.6) is 0 Å². The SMILES string of the molecule is CC(N)c1nnc(-c2cc(Br)ccc2Br)s1. The third kappa shape index (κ3) is 2.51. The van der Waals surface area contributed by atoms with E-state index < -0.39 is 0 Å². The highest BCUT2D eigenvalue weighted by Crippen LogP contribution is 2.33. The number of aromatic nitrogens is 2. The van der Waals surface area contributed by atoms with Crippen molar-refractivity contribution in [2.24, 2.45) is 5.73 Å². The summed E-state index contributed by atoms with van der Waals surface area (Å²) in [6, 6.07) is 5.89. The van der Waals surface area contributed by atoms with E-state index in [1.807, 2.05) is 25.1 Å². The first-order valence-electron chi connectivity index (χ1n) is 4.62. The van der Waals surface area contributed by atoms with E-state index in [1.54, 1.807) is 0 Å². The van der Waals surface area contributed by atoms with Crippen molar-refractivity contribution >= 4 is 43.2 Å². The minimum absolute atomic E-state index is 0.0721. The third-order valence-electron chi connectivity index (χ3n) is 1.99. The Kier molecular flexibility index (Phi) is 3.73. The Hall–Kier alpha value is -0.300. The number of hydrogen-bond acceptors (Lipinski definition) is 4. The van der Waals surface area contributed by atoms with Gasteiger partial charge in [0.15, 0.2) is 0 Å². The standard InChI is InChI=1S/C10H9Br2N3S/c1-5(13)9-14-15-10(16-9)7-4-6(11)2-3-8(7)12/h2-5H,13H2,1H3. The summed E-state index contributed by atoms with van der Waals surface area (Å²) in [5.74, 6) is 0. The Balaban J connectivity index is 2.46. The summed E-state index contributed by atoms with van der Waals surface area (Å²) in [4.78, 5) is 0. The Morgan fingerprint density at radius 1 is 1.31 bits per heavy atom. The van der Waals surface area contributed by atoms with Crippen molar-refractivity contribution in [2.75, 3.05) is 0 Å². The molecule has 0 radical (unpaired) electrons. The molecule has 1 aromatic heterocycles. The molecule has 1 heterocycles. The van der Waals surface area contributed by atoms with Crippen LogP contribution in [-0.4, -0.2) is 10.2 Å². The van der Waals surface area contributed by atoms with E-state index in [-0.39, 0.29) is 6.04 Å². The van der Waals surface area contributed by atoms with Crippen molar-refractivity contribution in [3.05, 3.63) is 32.2 Å². The van der Waals surface area contributed by atoms with Crippen molar-refractivity contribution in [1.29, 1.82) is 0 Å². The third-order valence-corrected chi connectivity index (χ3v) is 4.33. The second kappa shape index (κ2) is 4.91. The second-order valence-corrected chi connectivity index (χ2v) is 6.14. The number of nitrogens with two attached hydrogens (primary N) is 1. The van der Waals surface area contributed by atoms with Crippen molar-refractivity contribution in [2.45, 2.75) is 13.0 Å². The number of nitrogens with zero attached hydrogens (tertiary/aromatic N) is 2. The van der Waals surface area contributed by atoms with Gasteiger partial charge in [0.2, 0.25) is 0 Å². The Bertz CT molecular complexity index is 511. The van der Waals surface area contributed by atoms with E-state index in [2.05, 4.69) is 42.1 Å². The molecule has 0 amide bonds. The molecule has 3 nitrogen and oxygen atoms in total. The van der Waals surface area contributed by atoms with Gasteiger partial charge in [0.05, 0.1) is 6.04 Å². The lowest BCUT2D eigenvalue weighted by Crippen LogP contribution is -2.03. The molecule has 1 aromatic carbocycles. The van der Waals surface area contributed by atoms with Crippen LogP contribution in [0.1, 0.15) is 18.0 Å². The van der Waals surface area contributed by atoms with E-state index in [4.69, 9.17) is 5.73 Å². The highest BCUT2D eigenvalue weighted by Gasteiger charge is 2.12. The van der Waals surface area contributed by atoms with Gasteiger partial charge in [-0.05, 0) is 25.1 Å². The maximum Gasteiger partial charge on any atom is 0.149 e. The molecule has 0 aliphatic rings. The zero-order valence-electron chi connectivity index (χ0n) is 8.45. The van der Waals surface area contributed by atoms with Gasteiger partial charge in [0.1, 0.15) is 10.0 Å². The normalized spacial score (nSPS) is 12.8. The number of rotatable bonds is 2. The quantitative estimate of drug-likeness (QED) is 0.884. The van der Waals surface area contributed by atoms with Gasteiger partial charge >= 0.3 is 0 Å². The van der Waals surface area contributed by atoms with Crippen LogP contribution in [0, 0.1) is 0 Å². The van der Waals surface area contributed by atoms with Crippen LogP contribution in [0.4, 0.5) is 0 Å². The van der Waals surface area contributed by atoms with Crippen LogP contribution < -0.4 is 5.73 Å². The number of hydrogen-bond donors (Lipinski definition) is 1. The molecule has 0 aliphatic heterocycles. The minimum atomic E-state index is -0.0721. The zero-order chi connectivity index (χ0) is 11.7. The van der Waals surface area contributed by atoms with Gasteiger partial charge in [0, 0.05) is 14.5 Å². The van der Waals surface area contributed by atoms with Crippen LogP contribution >= 0.6 is 43.2 Å². The van der Waals surface area contributed by atoms with Gasteiger partial charge in [-0.15, -0.1) is 10.2 Å². The van der Waals surface area contributed by atoms with Crippen molar-refractivity contribution < 1.29 is 0 Å². The molecule has 84 valence electrons. The van der Waals surface area contributed by atoms with Gasteiger partial charge in [-0.3, -0.25) is 0 Å². The maximum absolute atomic E-state index is 5.76. The van der Waals surface area contributed by atoms with Gasteiger partial charge < -0.3 is 5.73 Å². The van der Waals surface area contributed by atoms with E-state index in [1.165, 1.54) is 11.3 Å². The van der Waals surface area contributed by atoms with Crippen LogP contribution in [-0.2, 0) is 0 Å². The summed E-state index contributed by atoms with van der Waals surface area (Å²) < 4.78 is 2.02. The molecule has 2 rings (SSSR count). The summed E-state index contributed by atoms with van der Waals surface area (Å²) in [7, 11) is 0. The molecule has 6 heteroatoms. The van der Waals surface area contributed by atoms with E-state index in [9.17, 15) is 0 Å². The number of benzene rings is 1. The summed E-state index contributed by atoms with van der Waals surface area (Å²) >= 11 is 8.46. The molecule has 0 bridgehead atoms. The first-order chi connectivity index (χ1) is 7.58. The molecule has 1 atom stereocenters. The molecule has 0 fully saturated rings. The fraction of sp³-hybridized carbons (Fsp3) is 0.200. The van der Waals surface area contributed by atoms with Crippen molar-refractivity contribution in [3.63, 3.8) is 0 Å². The first-order valence-corrected chi connectivity index (χ1v) is 7.02. The van der Waals surface area contributed by atoms with Crippen LogP contribution in [0.25, 0.3) is 10.6 Å². The Morgan fingerprint density at radius 3 is 2.69 bits per heavy atom. The lowest BCUT2D eigenvalue weighted by Gasteiger charge is -2.00. The van der Waals surface area contributed by atoms with Gasteiger partial charge in [-0.1, -0.05) is 43.2 Å². The molecule has 0 saturated carbocycles. The highest BCUT2D eigenvalue weighted by molar-refractivity contribution is 9.11. The average molecular weight is 363 g/mol. The molecule has 0 saturated heterocycles. The second-order valence-electron chi connectivity index (χ2n) is 3.36. The van der Waals surface area contributed by atoms with E-state index >= 15 is 0 Å². The Morgan fingerprint density at radius 2 is 2.06 bits per heavy atom. The fourth-order valence-corrected chi connectivity index (χ4v) is 2.94. The molecule has 16 heavy (non-hydrogen) atoms. The monoisotopic (exact) mass is 361 g/mol. The average Bonchev–Trinajstić information content (AvgIpc) is 2.70. The predicted octanol–water partition coefficient (Wildman–Crippen LogP) is 3.75. The molecular weight excluding hydrogens is 354 g/mol. The summed E-state index contributed by atoms with van der Waals surface area (Å²) in [5.41, 5.74) is 6.79. The van der Waals surface area contributed by atoms with Crippen molar-refractivity contribution in [1.82, 2.24) is 10.2 Å². The summed E-state index contributed by atoms with van der Waals surface area (Å²) in [6.45, 7) is 1.90. The molecule has 0 aliphatic carbocycles. The largest absolute Gasteiger partial charge is 0.322 e. The van der Waals surface area contributed by atoms with Crippen LogP contribution in [0.2, 0.25) is 0 Å². The van der Waals surface area contributed by atoms with Gasteiger partial charge in [-0.2, -0.15) is 0 Å². The number of halogens is 2. The Labute approximate surface area is 114 Å². The summed E-state index contributed by atoms with van der Waals surface area (Å²) in [5, 5.41) is 9.94. The topological polar surface area (TPSA) is 51.8 Å². The maximum atomic E-state index is 5.76. The summed E-state index contributed by atoms with van der Waals surface area (Å²) in [6.07, 6.45) is 0. The van der Waals surface area contributed by atoms with Crippen LogP contribution in [0.15, 0.2) is 27.1 Å². The van der Waals surface area contributed by atoms with E-state index in [0.29, 0.717) is 0 Å². The smallest absolute Gasteiger partial charge is 0.149 e. The fourth-order valence-electron chi connectivity index (χ4n) is 1.19. The van der Waals surface area contributed by atoms with Crippen LogP contribution in [0.3, 0.4) is 0 Å². The highest BCUT2D eigenvalue weighted by atomic mass is 79.9. The zero-order valence-corrected chi connectivity index (χ0v) is 12.4. The van der Waals surface area contributed by atoms with Gasteiger partial charge in [-0.25, -0.2) is 0 Å². The van der Waals surface area contributed by atoms with E-state index in [0.717, 1.165) is 24.5 Å². The molecule has 2 N–H and O–H groups in total. The molecule has 0 spiro atoms. The lowest BCUT2D eigenvalue weighted by molar-refractivity contribution is 0.786. The first kappa shape index (κ1) is 12.2. The van der Waals surface area contributed by atoms with Gasteiger partial charge in [0.25, 0.3) is 0 Å². The molecule has 1 unspecified atom stereocenters. The predicted molar refractivity (Wildman–Crippen MR) is 73.3 cm³/mol. The molecular formula is C10H9Br2N3S. The molecule has 2 aromatic rings. The lowest BCUT2D eigenvalue weighted by atomic mass is 10.2. The minimum Gasteiger partial charge on any atom is -0.322 e. The van der Waals surface area contributed by atoms with Crippen molar-refractivity contribution in [3.8, 4) is 10.6 Å².